The van der Waals surface area contributed by atoms with Gasteiger partial charge in [0.25, 0.3) is 20.1 Å². The fraction of sp³-hybridized carbons (Fsp3) is 0.446. The SMILES string of the molecule is C=CCOC(=O)N1/C(=C(\NC(=O)[C@H](OC(=O)c2cc(OC)cc3c(C)cccc23)[C@]2(C)CO2)C(=O)NC(C)C)[C@@H](OC(C)=O)[C@H](O[Si](CC)(CC)CC)[C@@H]1CO[Si](c1ccccc1)(c1ccccc1)C(C)(C)C. The van der Waals surface area contributed by atoms with Crippen molar-refractivity contribution in [1.82, 2.24) is 15.5 Å². The lowest BCUT2D eigenvalue weighted by atomic mass is 9.99. The van der Waals surface area contributed by atoms with Gasteiger partial charge in [-0.2, -0.15) is 0 Å². The molecule has 0 aromatic heterocycles. The van der Waals surface area contributed by atoms with E-state index in [2.05, 4.69) is 83.0 Å². The number of fused-ring (bicyclic) bond motifs is 1. The standard InChI is InChI=1S/C56H73N3O12Si2/c1-14-31-66-54(64)59-45(34-68-73(55(9,10)11,40-26-20-18-21-27-40)41-28-22-19-23-29-41)48(71-72(15-2,16-3)17-4)49(69-38(8)60)47(59)46(51(61)57-36(5)6)58-52(62)50(56(12)35-67-56)70-53(63)44-33-39(65-13)32-43-37(7)25-24-30-42(43)44/h14,18-30,32-33,36,45,48-50H,1,15-17,31,34-35H2,2-13H3,(H,57,61)(H,58,62)/b47-46-/t45-,48+,49+,50-,56-/m0/s1. The third-order valence-corrected chi connectivity index (χ3v) is 23.6. The summed E-state index contributed by atoms with van der Waals surface area (Å²) in [6, 6.07) is 29.2. The summed E-state index contributed by atoms with van der Waals surface area (Å²) in [7, 11) is -4.62. The van der Waals surface area contributed by atoms with E-state index in [1.807, 2.05) is 61.5 Å². The molecule has 2 N–H and O–H groups in total. The number of nitrogens with zero attached hydrogens (tertiary/aromatic N) is 1. The van der Waals surface area contributed by atoms with Crippen LogP contribution in [0.3, 0.4) is 0 Å². The van der Waals surface area contributed by atoms with E-state index in [0.29, 0.717) is 29.3 Å². The van der Waals surface area contributed by atoms with Gasteiger partial charge in [-0.15, -0.1) is 0 Å². The van der Waals surface area contributed by atoms with Crippen LogP contribution in [0.15, 0.2) is 115 Å². The first-order valence-corrected chi connectivity index (χ1v) is 29.5. The largest absolute Gasteiger partial charge is 0.497 e. The summed E-state index contributed by atoms with van der Waals surface area (Å²) in [4.78, 5) is 74.5. The van der Waals surface area contributed by atoms with E-state index in [1.54, 1.807) is 26.8 Å². The number of benzene rings is 4. The van der Waals surface area contributed by atoms with Gasteiger partial charge in [0.15, 0.2) is 14.4 Å². The van der Waals surface area contributed by atoms with E-state index in [4.69, 9.17) is 32.5 Å². The number of hydrogen-bond acceptors (Lipinski definition) is 12. The van der Waals surface area contributed by atoms with Crippen LogP contribution in [-0.4, -0.2) is 114 Å². The fourth-order valence-electron chi connectivity index (χ4n) is 9.84. The first-order valence-electron chi connectivity index (χ1n) is 25.1. The summed E-state index contributed by atoms with van der Waals surface area (Å²) < 4.78 is 44.6. The molecule has 2 heterocycles. The number of rotatable bonds is 21. The molecule has 2 aliphatic rings. The van der Waals surface area contributed by atoms with Crippen molar-refractivity contribution in [1.29, 1.82) is 0 Å². The quantitative estimate of drug-likeness (QED) is 0.0204. The number of carbonyl (C=O) groups excluding carboxylic acids is 5. The Bertz CT molecular complexity index is 2630. The highest BCUT2D eigenvalue weighted by atomic mass is 28.4. The van der Waals surface area contributed by atoms with Crippen molar-refractivity contribution in [3.8, 4) is 5.75 Å². The van der Waals surface area contributed by atoms with Crippen molar-refractivity contribution in [2.75, 3.05) is 26.9 Å². The van der Waals surface area contributed by atoms with Crippen LogP contribution in [0.5, 0.6) is 5.75 Å². The van der Waals surface area contributed by atoms with Gasteiger partial charge in [-0.1, -0.05) is 133 Å². The number of methoxy groups -OCH3 is 1. The zero-order chi connectivity index (χ0) is 53.5. The van der Waals surface area contributed by atoms with Crippen molar-refractivity contribution in [2.24, 2.45) is 0 Å². The smallest absolute Gasteiger partial charge is 0.414 e. The van der Waals surface area contributed by atoms with E-state index >= 15 is 14.4 Å². The topological polar surface area (TPSA) is 181 Å². The molecule has 15 nitrogen and oxygen atoms in total. The molecule has 17 heteroatoms. The highest BCUT2D eigenvalue weighted by Gasteiger charge is 2.59. The second kappa shape index (κ2) is 23.4. The van der Waals surface area contributed by atoms with Gasteiger partial charge in [0.1, 0.15) is 29.8 Å². The number of epoxide rings is 1. The predicted octanol–water partition coefficient (Wildman–Crippen LogP) is 8.23. The van der Waals surface area contributed by atoms with Crippen molar-refractivity contribution in [2.45, 2.75) is 135 Å². The predicted molar refractivity (Wildman–Crippen MR) is 286 cm³/mol. The van der Waals surface area contributed by atoms with Crippen molar-refractivity contribution < 1.29 is 56.5 Å². The Kier molecular flexibility index (Phi) is 18.0. The maximum absolute atomic E-state index is 15.2. The maximum atomic E-state index is 15.2. The molecule has 73 heavy (non-hydrogen) atoms. The van der Waals surface area contributed by atoms with Crippen LogP contribution in [0.25, 0.3) is 10.8 Å². The average Bonchev–Trinajstić information content (AvgIpc) is 4.05. The molecule has 0 bridgehead atoms. The van der Waals surface area contributed by atoms with Crippen LogP contribution >= 0.6 is 0 Å². The Labute approximate surface area is 432 Å². The fourth-order valence-corrected chi connectivity index (χ4v) is 17.3. The summed E-state index contributed by atoms with van der Waals surface area (Å²) in [6.45, 7) is 24.1. The third kappa shape index (κ3) is 12.0. The van der Waals surface area contributed by atoms with Crippen LogP contribution in [0, 0.1) is 6.92 Å². The molecule has 3 amide bonds. The molecule has 0 aliphatic carbocycles. The Balaban J connectivity index is 1.60. The van der Waals surface area contributed by atoms with Gasteiger partial charge in [0.2, 0.25) is 6.10 Å². The molecule has 6 rings (SSSR count). The molecule has 4 aromatic rings. The summed E-state index contributed by atoms with van der Waals surface area (Å²) in [6.07, 6.45) is -3.84. The van der Waals surface area contributed by atoms with E-state index in [1.165, 1.54) is 31.1 Å². The second-order valence-electron chi connectivity index (χ2n) is 20.2. The minimum atomic E-state index is -3.37. The summed E-state index contributed by atoms with van der Waals surface area (Å²) >= 11 is 0. The van der Waals surface area contributed by atoms with E-state index < -0.39 is 93.2 Å². The Morgan fingerprint density at radius 3 is 2.01 bits per heavy atom. The first-order chi connectivity index (χ1) is 34.6. The number of aryl methyl sites for hydroxylation is 1. The Morgan fingerprint density at radius 2 is 1.51 bits per heavy atom. The lowest BCUT2D eigenvalue weighted by molar-refractivity contribution is -0.148. The van der Waals surface area contributed by atoms with E-state index in [-0.39, 0.29) is 31.1 Å². The van der Waals surface area contributed by atoms with Crippen molar-refractivity contribution >= 4 is 67.6 Å². The molecule has 0 saturated carbocycles. The second-order valence-corrected chi connectivity index (χ2v) is 29.3. The molecule has 5 atom stereocenters. The number of carbonyl (C=O) groups is 5. The van der Waals surface area contributed by atoms with Gasteiger partial charge in [0, 0.05) is 13.0 Å². The molecular formula is C56H73N3O12Si2. The zero-order valence-electron chi connectivity index (χ0n) is 44.4. The average molecular weight is 1040 g/mol. The van der Waals surface area contributed by atoms with Gasteiger partial charge in [-0.05, 0) is 89.7 Å². The normalized spacial score (nSPS) is 20.0. The maximum Gasteiger partial charge on any atom is 0.414 e. The molecule has 392 valence electrons. The monoisotopic (exact) mass is 1040 g/mol. The highest BCUT2D eigenvalue weighted by Crippen LogP contribution is 2.43. The number of hydrogen-bond donors (Lipinski definition) is 2. The molecule has 2 fully saturated rings. The van der Waals surface area contributed by atoms with Gasteiger partial charge in [-0.25, -0.2) is 9.59 Å². The number of nitrogens with one attached hydrogen (secondary N) is 2. The number of esters is 2. The summed E-state index contributed by atoms with van der Waals surface area (Å²) in [5.74, 6) is -3.00. The number of ether oxygens (including phenoxy) is 5. The number of amides is 3. The highest BCUT2D eigenvalue weighted by molar-refractivity contribution is 6.99. The van der Waals surface area contributed by atoms with Crippen LogP contribution in [0.1, 0.15) is 85.2 Å². The Hall–Kier alpha value is -6.12. The van der Waals surface area contributed by atoms with Gasteiger partial charge >= 0.3 is 18.0 Å². The van der Waals surface area contributed by atoms with Gasteiger partial charge in [0.05, 0.1) is 37.6 Å². The van der Waals surface area contributed by atoms with Crippen LogP contribution < -0.4 is 25.7 Å². The summed E-state index contributed by atoms with van der Waals surface area (Å²) in [5, 5.41) is 8.39. The molecule has 4 aromatic carbocycles. The van der Waals surface area contributed by atoms with Crippen LogP contribution in [0.2, 0.25) is 23.2 Å². The number of likely N-dealkylation sites (tertiary alicyclic amines) is 1. The molecule has 0 radical (unpaired) electrons. The lowest BCUT2D eigenvalue weighted by Gasteiger charge is -2.44. The van der Waals surface area contributed by atoms with Crippen LogP contribution in [0.4, 0.5) is 4.79 Å². The molecule has 0 spiro atoms. The Morgan fingerprint density at radius 1 is 0.904 bits per heavy atom. The van der Waals surface area contributed by atoms with Crippen molar-refractivity contribution in [3.63, 3.8) is 0 Å². The van der Waals surface area contributed by atoms with Gasteiger partial charge < -0.3 is 43.2 Å². The minimum absolute atomic E-state index is 0.0336. The first kappa shape index (κ1) is 56.2. The summed E-state index contributed by atoms with van der Waals surface area (Å²) in [5.41, 5.74) is -0.990. The van der Waals surface area contributed by atoms with E-state index in [0.717, 1.165) is 21.3 Å². The van der Waals surface area contributed by atoms with Crippen LogP contribution in [-0.2, 0) is 42.2 Å². The zero-order valence-corrected chi connectivity index (χ0v) is 46.4. The molecular weight excluding hydrogens is 963 g/mol. The van der Waals surface area contributed by atoms with E-state index in [9.17, 15) is 9.59 Å². The molecule has 2 aliphatic heterocycles. The molecule has 2 saturated heterocycles. The minimum Gasteiger partial charge on any atom is -0.497 e. The lowest BCUT2D eigenvalue weighted by Crippen LogP contribution is -2.67. The third-order valence-electron chi connectivity index (χ3n) is 14.0. The van der Waals surface area contributed by atoms with Crippen molar-refractivity contribution in [3.05, 3.63) is 126 Å². The van der Waals surface area contributed by atoms with Gasteiger partial charge in [-0.3, -0.25) is 19.3 Å². The molecule has 0 unspecified atom stereocenters.